The van der Waals surface area contributed by atoms with Crippen LogP contribution >= 0.6 is 12.4 Å². The van der Waals surface area contributed by atoms with Gasteiger partial charge in [-0.3, -0.25) is 9.80 Å². The third kappa shape index (κ3) is 8.41. The average Bonchev–Trinajstić information content (AvgIpc) is 3.34. The van der Waals surface area contributed by atoms with Crippen molar-refractivity contribution < 1.29 is 23.0 Å². The monoisotopic (exact) mass is 637 g/mol. The van der Waals surface area contributed by atoms with Gasteiger partial charge in [0.2, 0.25) is 5.95 Å². The molecule has 6 rings (SSSR count). The minimum Gasteiger partial charge on any atom is -0.393 e. The van der Waals surface area contributed by atoms with Gasteiger partial charge in [0, 0.05) is 88.3 Å². The minimum atomic E-state index is -4.24. The van der Waals surface area contributed by atoms with Gasteiger partial charge in [0.15, 0.2) is 0 Å². The number of nitrogens with zero attached hydrogens (tertiary/aromatic N) is 5. The fraction of sp³-hybridized carbons (Fsp3) is 0.613. The van der Waals surface area contributed by atoms with E-state index in [0.717, 1.165) is 101 Å². The molecule has 1 saturated carbocycles. The van der Waals surface area contributed by atoms with Crippen LogP contribution in [0.1, 0.15) is 43.7 Å². The summed E-state index contributed by atoms with van der Waals surface area (Å²) in [6.45, 7) is 8.53. The number of ether oxygens (including phenoxy) is 1. The summed E-state index contributed by atoms with van der Waals surface area (Å²) >= 11 is 0. The number of aliphatic hydroxyl groups excluding tert-OH is 1. The Morgan fingerprint density at radius 3 is 2.36 bits per heavy atom. The molecule has 0 bridgehead atoms. The first-order valence-corrected chi connectivity index (χ1v) is 15.5. The highest BCUT2D eigenvalue weighted by atomic mass is 35.5. The second kappa shape index (κ2) is 14.7. The van der Waals surface area contributed by atoms with Crippen molar-refractivity contribution in [2.45, 2.75) is 63.1 Å². The van der Waals surface area contributed by atoms with Gasteiger partial charge in [0.25, 0.3) is 0 Å². The number of alkyl halides is 3. The molecule has 3 aliphatic rings. The quantitative estimate of drug-likeness (QED) is 0.284. The molecule has 0 amide bonds. The Kier molecular flexibility index (Phi) is 11.0. The maximum absolute atomic E-state index is 12.7. The van der Waals surface area contributed by atoms with E-state index < -0.39 is 12.6 Å². The topological polar surface area (TPSA) is 90.7 Å². The Balaban J connectivity index is 0.00000384. The van der Waals surface area contributed by atoms with Crippen molar-refractivity contribution in [3.63, 3.8) is 0 Å². The summed E-state index contributed by atoms with van der Waals surface area (Å²) in [7, 11) is 0. The first-order chi connectivity index (χ1) is 20.8. The third-order valence-electron chi connectivity index (χ3n) is 8.96. The van der Waals surface area contributed by atoms with E-state index in [-0.39, 0.29) is 37.0 Å². The van der Waals surface area contributed by atoms with Gasteiger partial charge >= 0.3 is 6.18 Å². The fourth-order valence-electron chi connectivity index (χ4n) is 6.22. The maximum Gasteiger partial charge on any atom is 0.390 e. The second-order valence-electron chi connectivity index (χ2n) is 12.1. The number of hydrogen-bond donors (Lipinski definition) is 3. The van der Waals surface area contributed by atoms with E-state index in [0.29, 0.717) is 11.8 Å². The number of anilines is 1. The number of rotatable bonds is 11. The van der Waals surface area contributed by atoms with Gasteiger partial charge in [-0.05, 0) is 36.8 Å². The van der Waals surface area contributed by atoms with E-state index in [1.54, 1.807) is 6.20 Å². The fourth-order valence-corrected chi connectivity index (χ4v) is 6.22. The Labute approximate surface area is 262 Å². The first-order valence-electron chi connectivity index (χ1n) is 15.5. The lowest BCUT2D eigenvalue weighted by Crippen LogP contribution is -2.50. The number of fused-ring (bicyclic) bond motifs is 1. The molecule has 242 valence electrons. The highest BCUT2D eigenvalue weighted by Gasteiger charge is 2.27. The minimum absolute atomic E-state index is 0. The molecule has 0 spiro atoms. The highest BCUT2D eigenvalue weighted by Crippen LogP contribution is 2.37. The van der Waals surface area contributed by atoms with Crippen LogP contribution < -0.4 is 10.6 Å². The Hall–Kier alpha value is -2.48. The summed E-state index contributed by atoms with van der Waals surface area (Å²) in [4.78, 5) is 14.0. The summed E-state index contributed by atoms with van der Waals surface area (Å²) in [5, 5.41) is 16.9. The molecule has 3 N–H and O–H groups in total. The average molecular weight is 638 g/mol. The Bertz CT molecular complexity index is 1340. The van der Waals surface area contributed by atoms with Crippen LogP contribution in [0.4, 0.5) is 19.1 Å². The number of piperazine rings is 1. The molecule has 0 atom stereocenters. The number of nitrogens with one attached hydrogen (secondary N) is 2. The molecular formula is C31H43ClF3N7O2. The molecule has 4 heterocycles. The van der Waals surface area contributed by atoms with Crippen LogP contribution in [0.25, 0.3) is 22.2 Å². The van der Waals surface area contributed by atoms with E-state index in [9.17, 15) is 18.3 Å². The van der Waals surface area contributed by atoms with Gasteiger partial charge < -0.3 is 25.0 Å². The zero-order valence-corrected chi connectivity index (χ0v) is 25.8. The first kappa shape index (κ1) is 32.9. The van der Waals surface area contributed by atoms with Crippen LogP contribution in [0, 0.1) is 0 Å². The molecule has 2 saturated heterocycles. The van der Waals surface area contributed by atoms with Gasteiger partial charge in [-0.15, -0.1) is 12.4 Å². The van der Waals surface area contributed by atoms with Crippen molar-refractivity contribution in [2.24, 2.45) is 0 Å². The highest BCUT2D eigenvalue weighted by molar-refractivity contribution is 5.94. The lowest BCUT2D eigenvalue weighted by Gasteiger charge is -2.35. The van der Waals surface area contributed by atoms with Crippen molar-refractivity contribution in [3.05, 3.63) is 42.2 Å². The number of aromatic nitrogens is 3. The van der Waals surface area contributed by atoms with Crippen LogP contribution in [-0.4, -0.2) is 107 Å². The predicted octanol–water partition coefficient (Wildman–Crippen LogP) is 4.47. The molecule has 44 heavy (non-hydrogen) atoms. The number of hydrogen-bond acceptors (Lipinski definition) is 8. The number of benzene rings is 1. The molecule has 0 radical (unpaired) electrons. The van der Waals surface area contributed by atoms with Crippen LogP contribution in [-0.2, 0) is 11.3 Å². The molecule has 2 aromatic heterocycles. The Morgan fingerprint density at radius 2 is 1.70 bits per heavy atom. The van der Waals surface area contributed by atoms with Gasteiger partial charge in [-0.25, -0.2) is 4.98 Å². The third-order valence-corrected chi connectivity index (χ3v) is 8.96. The normalized spacial score (nSPS) is 22.1. The van der Waals surface area contributed by atoms with Crippen LogP contribution in [0.15, 0.2) is 36.7 Å². The lowest BCUT2D eigenvalue weighted by molar-refractivity contribution is -0.131. The molecule has 13 heteroatoms. The molecular weight excluding hydrogens is 595 g/mol. The summed E-state index contributed by atoms with van der Waals surface area (Å²) in [5.74, 6) is 0.192. The smallest absolute Gasteiger partial charge is 0.390 e. The summed E-state index contributed by atoms with van der Waals surface area (Å²) in [6, 6.07) is 8.79. The molecule has 2 aliphatic heterocycles. The molecule has 1 aliphatic carbocycles. The van der Waals surface area contributed by atoms with Gasteiger partial charge in [0.05, 0.1) is 25.2 Å². The second-order valence-corrected chi connectivity index (χ2v) is 12.1. The van der Waals surface area contributed by atoms with Crippen molar-refractivity contribution >= 4 is 29.4 Å². The van der Waals surface area contributed by atoms with Crippen LogP contribution in [0.2, 0.25) is 0 Å². The summed E-state index contributed by atoms with van der Waals surface area (Å²) in [6.07, 6.45) is 1.81. The molecule has 9 nitrogen and oxygen atoms in total. The molecule has 3 aromatic rings. The lowest BCUT2D eigenvalue weighted by atomic mass is 9.93. The van der Waals surface area contributed by atoms with Crippen molar-refractivity contribution in [1.29, 1.82) is 0 Å². The van der Waals surface area contributed by atoms with Crippen LogP contribution in [0.3, 0.4) is 0 Å². The number of aliphatic hydroxyl groups is 1. The summed E-state index contributed by atoms with van der Waals surface area (Å²) in [5.41, 5.74) is 4.02. The van der Waals surface area contributed by atoms with E-state index in [1.165, 1.54) is 5.56 Å². The standard InChI is InChI=1S/C31H42F3N7O2.ClH/c32-31(33,34)9-10-36-30-37-19-27-28(21-41(29(27)38-30)24-5-7-25(42)8-6-24)23-3-1-22(2-4-23)20-40-13-11-39(12-14-40)15-16-43-26-17-35-18-26;/h1-4,19,21,24-26,35,42H,5-18,20H2,(H,36,37,38);1H/t24-,25-;. The van der Waals surface area contributed by atoms with Crippen LogP contribution in [0.5, 0.6) is 0 Å². The molecule has 1 aromatic carbocycles. The van der Waals surface area contributed by atoms with Crippen molar-refractivity contribution in [3.8, 4) is 11.1 Å². The van der Waals surface area contributed by atoms with Crippen molar-refractivity contribution in [2.75, 3.05) is 64.3 Å². The van der Waals surface area contributed by atoms with E-state index in [4.69, 9.17) is 4.74 Å². The van der Waals surface area contributed by atoms with E-state index in [2.05, 4.69) is 65.4 Å². The maximum atomic E-state index is 12.7. The van der Waals surface area contributed by atoms with Gasteiger partial charge in [0.1, 0.15) is 5.65 Å². The molecule has 0 unspecified atom stereocenters. The molecule has 3 fully saturated rings. The van der Waals surface area contributed by atoms with Crippen molar-refractivity contribution in [1.82, 2.24) is 29.7 Å². The number of halogens is 4. The SMILES string of the molecule is Cl.O[C@H]1CC[C@H](n2cc(-c3ccc(CN4CCN(CCOC5CNC5)CC4)cc3)c3cnc(NCCC(F)(F)F)nc32)CC1. The predicted molar refractivity (Wildman–Crippen MR) is 167 cm³/mol. The van der Waals surface area contributed by atoms with E-state index >= 15 is 0 Å². The van der Waals surface area contributed by atoms with E-state index in [1.807, 2.05) is 0 Å². The van der Waals surface area contributed by atoms with Gasteiger partial charge in [-0.2, -0.15) is 18.2 Å². The summed E-state index contributed by atoms with van der Waals surface area (Å²) < 4.78 is 46.0. The zero-order valence-electron chi connectivity index (χ0n) is 24.9. The largest absolute Gasteiger partial charge is 0.393 e. The van der Waals surface area contributed by atoms with Gasteiger partial charge in [-0.1, -0.05) is 24.3 Å². The Morgan fingerprint density at radius 1 is 1.00 bits per heavy atom. The zero-order chi connectivity index (χ0) is 29.8.